The summed E-state index contributed by atoms with van der Waals surface area (Å²) >= 11 is 0. The van der Waals surface area contributed by atoms with Crippen molar-refractivity contribution in [3.63, 3.8) is 0 Å². The number of nitrogens with two attached hydrogens (primary N) is 1. The fraction of sp³-hybridized carbons (Fsp3) is 0.875. The summed E-state index contributed by atoms with van der Waals surface area (Å²) in [7, 11) is 0. The normalized spacial score (nSPS) is 13.8. The summed E-state index contributed by atoms with van der Waals surface area (Å²) in [5, 5.41) is 2.06. The molecule has 0 heterocycles. The molecule has 0 rings (SSSR count). The van der Waals surface area contributed by atoms with Gasteiger partial charge >= 0.3 is 0 Å². The number of carbonyl (C=O) groups is 1. The third-order valence-electron chi connectivity index (χ3n) is 1.61. The molecule has 0 aliphatic heterocycles. The Morgan fingerprint density at radius 2 is 2.21 bits per heavy atom. The van der Waals surface area contributed by atoms with Crippen LogP contribution in [0.4, 0.5) is 8.78 Å². The highest BCUT2D eigenvalue weighted by Gasteiger charge is 2.28. The van der Waals surface area contributed by atoms with Gasteiger partial charge in [0.25, 0.3) is 5.92 Å². The van der Waals surface area contributed by atoms with E-state index in [2.05, 4.69) is 5.32 Å². The molecule has 14 heavy (non-hydrogen) atoms. The molecule has 0 aromatic carbocycles. The minimum absolute atomic E-state index is 0.363. The van der Waals surface area contributed by atoms with Gasteiger partial charge in [0, 0.05) is 6.61 Å². The maximum atomic E-state index is 12.6. The van der Waals surface area contributed by atoms with E-state index in [4.69, 9.17) is 10.5 Å². The van der Waals surface area contributed by atoms with E-state index in [0.29, 0.717) is 6.61 Å². The monoisotopic (exact) mass is 210 g/mol. The van der Waals surface area contributed by atoms with Gasteiger partial charge in [-0.3, -0.25) is 4.79 Å². The molecule has 0 fully saturated rings. The fourth-order valence-corrected chi connectivity index (χ4v) is 0.758. The lowest BCUT2D eigenvalue weighted by Crippen LogP contribution is -2.44. The van der Waals surface area contributed by atoms with E-state index in [1.54, 1.807) is 6.92 Å². The van der Waals surface area contributed by atoms with Gasteiger partial charge in [0.15, 0.2) is 0 Å². The maximum Gasteiger partial charge on any atom is 0.277 e. The lowest BCUT2D eigenvalue weighted by atomic mass is 10.3. The van der Waals surface area contributed by atoms with Gasteiger partial charge < -0.3 is 15.8 Å². The van der Waals surface area contributed by atoms with Gasteiger partial charge in [0.1, 0.15) is 6.10 Å². The number of halogens is 2. The first-order valence-corrected chi connectivity index (χ1v) is 4.40. The summed E-state index contributed by atoms with van der Waals surface area (Å²) in [6, 6.07) is 0. The molecule has 1 unspecified atom stereocenters. The Bertz CT molecular complexity index is 188. The molecule has 0 radical (unpaired) electrons. The van der Waals surface area contributed by atoms with Gasteiger partial charge in [0.2, 0.25) is 5.91 Å². The number of hydrogen-bond donors (Lipinski definition) is 2. The quantitative estimate of drug-likeness (QED) is 0.654. The highest BCUT2D eigenvalue weighted by Crippen LogP contribution is 2.08. The van der Waals surface area contributed by atoms with Crippen molar-refractivity contribution in [1.29, 1.82) is 0 Å². The van der Waals surface area contributed by atoms with Crippen molar-refractivity contribution < 1.29 is 18.3 Å². The van der Waals surface area contributed by atoms with Gasteiger partial charge in [-0.2, -0.15) is 0 Å². The van der Waals surface area contributed by atoms with Gasteiger partial charge in [-0.15, -0.1) is 0 Å². The summed E-state index contributed by atoms with van der Waals surface area (Å²) in [6.45, 7) is 2.05. The molecule has 0 aromatic heterocycles. The molecule has 6 heteroatoms. The molecule has 1 atom stereocenters. The van der Waals surface area contributed by atoms with Crippen LogP contribution in [0.15, 0.2) is 0 Å². The first-order valence-electron chi connectivity index (χ1n) is 4.40. The summed E-state index contributed by atoms with van der Waals surface area (Å²) in [5.74, 6) is -3.61. The average Bonchev–Trinajstić information content (AvgIpc) is 2.15. The molecule has 0 bridgehead atoms. The van der Waals surface area contributed by atoms with Crippen LogP contribution in [-0.2, 0) is 9.53 Å². The Kier molecular flexibility index (Phi) is 5.56. The zero-order chi connectivity index (χ0) is 11.2. The van der Waals surface area contributed by atoms with Crippen LogP contribution < -0.4 is 11.1 Å². The van der Waals surface area contributed by atoms with Crippen molar-refractivity contribution >= 4 is 5.91 Å². The lowest BCUT2D eigenvalue weighted by molar-refractivity contribution is -0.133. The number of hydrogen-bond acceptors (Lipinski definition) is 3. The van der Waals surface area contributed by atoms with Crippen LogP contribution in [0.5, 0.6) is 0 Å². The van der Waals surface area contributed by atoms with E-state index in [9.17, 15) is 13.6 Å². The van der Waals surface area contributed by atoms with E-state index < -0.39 is 31.0 Å². The molecule has 0 aliphatic rings. The van der Waals surface area contributed by atoms with Crippen LogP contribution in [0.3, 0.4) is 0 Å². The number of amides is 1. The third kappa shape index (κ3) is 5.08. The van der Waals surface area contributed by atoms with Gasteiger partial charge in [-0.05, 0) is 13.8 Å². The number of alkyl halides is 2. The standard InChI is InChI=1S/C8H16F2N2O2/c1-3-14-6(2)7(13)12-5-8(9,10)4-11/h6H,3-5,11H2,1-2H3,(H,12,13). The second-order valence-electron chi connectivity index (χ2n) is 2.88. The van der Waals surface area contributed by atoms with Crippen molar-refractivity contribution in [1.82, 2.24) is 5.32 Å². The Balaban J connectivity index is 3.84. The second-order valence-corrected chi connectivity index (χ2v) is 2.88. The Morgan fingerprint density at radius 1 is 1.64 bits per heavy atom. The second kappa shape index (κ2) is 5.87. The number of ether oxygens (including phenoxy) is 1. The SMILES string of the molecule is CCOC(C)C(=O)NCC(F)(F)CN. The molecule has 84 valence electrons. The summed E-state index contributed by atoms with van der Waals surface area (Å²) < 4.78 is 30.1. The van der Waals surface area contributed by atoms with Crippen LogP contribution in [0, 0.1) is 0 Å². The molecule has 3 N–H and O–H groups in total. The predicted molar refractivity (Wildman–Crippen MR) is 48.1 cm³/mol. The van der Waals surface area contributed by atoms with E-state index >= 15 is 0 Å². The first-order chi connectivity index (χ1) is 6.43. The average molecular weight is 210 g/mol. The van der Waals surface area contributed by atoms with Crippen molar-refractivity contribution in [2.45, 2.75) is 25.9 Å². The van der Waals surface area contributed by atoms with E-state index in [1.807, 2.05) is 0 Å². The van der Waals surface area contributed by atoms with E-state index in [0.717, 1.165) is 0 Å². The fourth-order valence-electron chi connectivity index (χ4n) is 0.758. The van der Waals surface area contributed by atoms with Crippen LogP contribution in [-0.4, -0.2) is 37.6 Å². The molecule has 0 saturated heterocycles. The van der Waals surface area contributed by atoms with Crippen molar-refractivity contribution in [3.05, 3.63) is 0 Å². The smallest absolute Gasteiger partial charge is 0.277 e. The van der Waals surface area contributed by atoms with Gasteiger partial charge in [-0.1, -0.05) is 0 Å². The zero-order valence-corrected chi connectivity index (χ0v) is 8.35. The van der Waals surface area contributed by atoms with Gasteiger partial charge in [-0.25, -0.2) is 8.78 Å². The van der Waals surface area contributed by atoms with Crippen molar-refractivity contribution in [2.75, 3.05) is 19.7 Å². The Labute approximate surface area is 81.8 Å². The molecule has 0 spiro atoms. The maximum absolute atomic E-state index is 12.6. The third-order valence-corrected chi connectivity index (χ3v) is 1.61. The highest BCUT2D eigenvalue weighted by molar-refractivity contribution is 5.80. The summed E-state index contributed by atoms with van der Waals surface area (Å²) in [4.78, 5) is 11.1. The Hall–Kier alpha value is -0.750. The molecule has 4 nitrogen and oxygen atoms in total. The molecule has 0 aliphatic carbocycles. The van der Waals surface area contributed by atoms with Gasteiger partial charge in [0.05, 0.1) is 13.1 Å². The summed E-state index contributed by atoms with van der Waals surface area (Å²) in [6.07, 6.45) is -0.714. The number of nitrogens with one attached hydrogen (secondary N) is 1. The molecule has 0 aromatic rings. The van der Waals surface area contributed by atoms with E-state index in [-0.39, 0.29) is 0 Å². The van der Waals surface area contributed by atoms with E-state index in [1.165, 1.54) is 6.92 Å². The minimum Gasteiger partial charge on any atom is -0.369 e. The number of carbonyl (C=O) groups excluding carboxylic acids is 1. The summed E-state index contributed by atoms with van der Waals surface area (Å²) in [5.41, 5.74) is 4.79. The largest absolute Gasteiger partial charge is 0.369 e. The Morgan fingerprint density at radius 3 is 2.64 bits per heavy atom. The molecule has 0 saturated carbocycles. The van der Waals surface area contributed by atoms with Crippen LogP contribution in [0.2, 0.25) is 0 Å². The zero-order valence-electron chi connectivity index (χ0n) is 8.35. The van der Waals surface area contributed by atoms with Crippen LogP contribution in [0.1, 0.15) is 13.8 Å². The van der Waals surface area contributed by atoms with Crippen LogP contribution in [0.25, 0.3) is 0 Å². The lowest BCUT2D eigenvalue weighted by Gasteiger charge is -2.16. The predicted octanol–water partition coefficient (Wildman–Crippen LogP) is 0.122. The minimum atomic E-state index is -3.05. The molecular formula is C8H16F2N2O2. The molecular weight excluding hydrogens is 194 g/mol. The first kappa shape index (κ1) is 13.2. The topological polar surface area (TPSA) is 64.3 Å². The van der Waals surface area contributed by atoms with Crippen molar-refractivity contribution in [2.24, 2.45) is 5.73 Å². The molecule has 1 amide bonds. The van der Waals surface area contributed by atoms with Crippen molar-refractivity contribution in [3.8, 4) is 0 Å². The van der Waals surface area contributed by atoms with Crippen LogP contribution >= 0.6 is 0 Å². The highest BCUT2D eigenvalue weighted by atomic mass is 19.3. The number of rotatable bonds is 6.